The summed E-state index contributed by atoms with van der Waals surface area (Å²) in [6.45, 7) is 4.25. The van der Waals surface area contributed by atoms with Crippen molar-refractivity contribution in [2.75, 3.05) is 32.7 Å². The van der Waals surface area contributed by atoms with E-state index in [4.69, 9.17) is 5.11 Å². The number of aromatic nitrogens is 3. The van der Waals surface area contributed by atoms with Gasteiger partial charge in [-0.1, -0.05) is 0 Å². The Labute approximate surface area is 99.6 Å². The van der Waals surface area contributed by atoms with Crippen molar-refractivity contribution in [3.05, 3.63) is 12.2 Å². The minimum Gasteiger partial charge on any atom is -0.480 e. The van der Waals surface area contributed by atoms with Gasteiger partial charge in [0.15, 0.2) is 0 Å². The number of carboxylic acid groups (broad SMARTS) is 1. The molecule has 7 heteroatoms. The number of carbonyl (C=O) groups is 1. The fourth-order valence-corrected chi connectivity index (χ4v) is 1.95. The Kier molecular flexibility index (Phi) is 3.70. The molecule has 0 saturated carbocycles. The summed E-state index contributed by atoms with van der Waals surface area (Å²) >= 11 is 0. The van der Waals surface area contributed by atoms with Gasteiger partial charge < -0.3 is 9.67 Å². The van der Waals surface area contributed by atoms with Gasteiger partial charge in [0.2, 0.25) is 0 Å². The molecule has 2 heterocycles. The van der Waals surface area contributed by atoms with Gasteiger partial charge in [0.25, 0.3) is 0 Å². The molecule has 0 spiro atoms. The van der Waals surface area contributed by atoms with Crippen molar-refractivity contribution in [3.8, 4) is 0 Å². The lowest BCUT2D eigenvalue weighted by Gasteiger charge is -2.33. The van der Waals surface area contributed by atoms with Crippen LogP contribution < -0.4 is 0 Å². The molecule has 1 aliphatic rings. The molecule has 94 valence electrons. The molecule has 1 aromatic rings. The van der Waals surface area contributed by atoms with E-state index in [2.05, 4.69) is 15.1 Å². The van der Waals surface area contributed by atoms with Crippen LogP contribution >= 0.6 is 0 Å². The molecule has 1 N–H and O–H groups in total. The molecule has 0 bridgehead atoms. The summed E-state index contributed by atoms with van der Waals surface area (Å²) in [5.41, 5.74) is 0. The minimum absolute atomic E-state index is 0.137. The van der Waals surface area contributed by atoms with Crippen molar-refractivity contribution < 1.29 is 9.90 Å². The van der Waals surface area contributed by atoms with Gasteiger partial charge in [-0.05, 0) is 0 Å². The maximum absolute atomic E-state index is 10.6. The first-order chi connectivity index (χ1) is 8.15. The summed E-state index contributed by atoms with van der Waals surface area (Å²) in [6.07, 6.45) is 1.69. The number of rotatable bonds is 4. The van der Waals surface area contributed by atoms with Gasteiger partial charge in [-0.2, -0.15) is 0 Å². The molecule has 0 aliphatic carbocycles. The van der Waals surface area contributed by atoms with Gasteiger partial charge in [-0.3, -0.25) is 14.6 Å². The van der Waals surface area contributed by atoms with E-state index in [9.17, 15) is 4.79 Å². The first-order valence-electron chi connectivity index (χ1n) is 5.64. The zero-order valence-electron chi connectivity index (χ0n) is 9.91. The highest BCUT2D eigenvalue weighted by Crippen LogP contribution is 2.05. The number of aliphatic carboxylic acids is 1. The standard InChI is InChI=1S/C10H17N5O2/c1-13-8-11-12-9(13)6-14-2-4-15(5-3-14)7-10(16)17/h8H,2-7H2,1H3,(H,16,17). The first kappa shape index (κ1) is 12.0. The zero-order valence-corrected chi connectivity index (χ0v) is 9.91. The van der Waals surface area contributed by atoms with Gasteiger partial charge in [-0.15, -0.1) is 10.2 Å². The second-order valence-corrected chi connectivity index (χ2v) is 4.30. The topological polar surface area (TPSA) is 74.5 Å². The third-order valence-electron chi connectivity index (χ3n) is 2.99. The Balaban J connectivity index is 1.79. The van der Waals surface area contributed by atoms with E-state index < -0.39 is 5.97 Å². The lowest BCUT2D eigenvalue weighted by molar-refractivity contribution is -0.138. The predicted octanol–water partition coefficient (Wildman–Crippen LogP) is -0.983. The van der Waals surface area contributed by atoms with Crippen LogP contribution in [0.1, 0.15) is 5.82 Å². The Morgan fingerprint density at radius 3 is 2.53 bits per heavy atom. The van der Waals surface area contributed by atoms with E-state index in [1.807, 2.05) is 16.5 Å². The third kappa shape index (κ3) is 3.24. The molecule has 17 heavy (non-hydrogen) atoms. The van der Waals surface area contributed by atoms with E-state index in [-0.39, 0.29) is 6.54 Å². The molecular weight excluding hydrogens is 222 g/mol. The van der Waals surface area contributed by atoms with Gasteiger partial charge in [0.05, 0.1) is 13.1 Å². The average molecular weight is 239 g/mol. The minimum atomic E-state index is -0.758. The Bertz CT molecular complexity index is 384. The SMILES string of the molecule is Cn1cnnc1CN1CCN(CC(=O)O)CC1. The number of carboxylic acids is 1. The smallest absolute Gasteiger partial charge is 0.317 e. The van der Waals surface area contributed by atoms with Crippen molar-refractivity contribution >= 4 is 5.97 Å². The average Bonchev–Trinajstić information content (AvgIpc) is 2.67. The van der Waals surface area contributed by atoms with Crippen LogP contribution in [0.2, 0.25) is 0 Å². The number of piperazine rings is 1. The predicted molar refractivity (Wildman–Crippen MR) is 60.4 cm³/mol. The van der Waals surface area contributed by atoms with Gasteiger partial charge in [0.1, 0.15) is 12.2 Å². The molecule has 1 aromatic heterocycles. The quantitative estimate of drug-likeness (QED) is 0.727. The van der Waals surface area contributed by atoms with Crippen LogP contribution in [0.5, 0.6) is 0 Å². The number of hydrogen-bond donors (Lipinski definition) is 1. The molecule has 0 atom stereocenters. The van der Waals surface area contributed by atoms with Gasteiger partial charge >= 0.3 is 5.97 Å². The maximum atomic E-state index is 10.6. The maximum Gasteiger partial charge on any atom is 0.317 e. The molecule has 0 unspecified atom stereocenters. The number of aryl methyl sites for hydroxylation is 1. The monoisotopic (exact) mass is 239 g/mol. The van der Waals surface area contributed by atoms with Gasteiger partial charge in [-0.25, -0.2) is 0 Å². The molecule has 2 rings (SSSR count). The van der Waals surface area contributed by atoms with Crippen LogP contribution in [-0.4, -0.2) is 68.4 Å². The van der Waals surface area contributed by atoms with E-state index in [0.717, 1.165) is 38.5 Å². The highest BCUT2D eigenvalue weighted by molar-refractivity contribution is 5.69. The van der Waals surface area contributed by atoms with Crippen LogP contribution in [-0.2, 0) is 18.4 Å². The summed E-state index contributed by atoms with van der Waals surface area (Å²) in [7, 11) is 1.93. The summed E-state index contributed by atoms with van der Waals surface area (Å²) in [5.74, 6) is 0.184. The summed E-state index contributed by atoms with van der Waals surface area (Å²) < 4.78 is 1.91. The van der Waals surface area contributed by atoms with E-state index in [1.54, 1.807) is 6.33 Å². The normalized spacial score (nSPS) is 18.4. The first-order valence-corrected chi connectivity index (χ1v) is 5.64. The molecule has 7 nitrogen and oxygen atoms in total. The Morgan fingerprint density at radius 2 is 2.00 bits per heavy atom. The largest absolute Gasteiger partial charge is 0.480 e. The molecular formula is C10H17N5O2. The van der Waals surface area contributed by atoms with Crippen molar-refractivity contribution in [3.63, 3.8) is 0 Å². The summed E-state index contributed by atoms with van der Waals surface area (Å²) in [4.78, 5) is 14.8. The Morgan fingerprint density at radius 1 is 1.35 bits per heavy atom. The zero-order chi connectivity index (χ0) is 12.3. The number of nitrogens with zero attached hydrogens (tertiary/aromatic N) is 5. The second-order valence-electron chi connectivity index (χ2n) is 4.30. The van der Waals surface area contributed by atoms with Gasteiger partial charge in [0, 0.05) is 33.2 Å². The van der Waals surface area contributed by atoms with E-state index in [0.29, 0.717) is 0 Å². The van der Waals surface area contributed by atoms with Crippen LogP contribution in [0.3, 0.4) is 0 Å². The third-order valence-corrected chi connectivity index (χ3v) is 2.99. The lowest BCUT2D eigenvalue weighted by Crippen LogP contribution is -2.47. The Hall–Kier alpha value is -1.47. The van der Waals surface area contributed by atoms with Crippen LogP contribution in [0.4, 0.5) is 0 Å². The van der Waals surface area contributed by atoms with Crippen molar-refractivity contribution in [2.24, 2.45) is 7.05 Å². The molecule has 0 aromatic carbocycles. The number of hydrogen-bond acceptors (Lipinski definition) is 5. The van der Waals surface area contributed by atoms with Crippen LogP contribution in [0.25, 0.3) is 0 Å². The lowest BCUT2D eigenvalue weighted by atomic mass is 10.3. The fraction of sp³-hybridized carbons (Fsp3) is 0.700. The molecule has 1 saturated heterocycles. The summed E-state index contributed by atoms with van der Waals surface area (Å²) in [6, 6.07) is 0. The highest BCUT2D eigenvalue weighted by Gasteiger charge is 2.19. The highest BCUT2D eigenvalue weighted by atomic mass is 16.4. The molecule has 0 radical (unpaired) electrons. The molecule has 1 aliphatic heterocycles. The van der Waals surface area contributed by atoms with Crippen molar-refractivity contribution in [1.29, 1.82) is 0 Å². The molecule has 0 amide bonds. The van der Waals surface area contributed by atoms with E-state index in [1.165, 1.54) is 0 Å². The van der Waals surface area contributed by atoms with Crippen molar-refractivity contribution in [1.82, 2.24) is 24.6 Å². The van der Waals surface area contributed by atoms with Crippen LogP contribution in [0.15, 0.2) is 6.33 Å². The van der Waals surface area contributed by atoms with Crippen LogP contribution in [0, 0.1) is 0 Å². The molecule has 1 fully saturated rings. The fourth-order valence-electron chi connectivity index (χ4n) is 1.95. The second kappa shape index (κ2) is 5.24. The summed E-state index contributed by atoms with van der Waals surface area (Å²) in [5, 5.41) is 16.6. The van der Waals surface area contributed by atoms with Crippen molar-refractivity contribution in [2.45, 2.75) is 6.54 Å². The van der Waals surface area contributed by atoms with E-state index >= 15 is 0 Å².